The van der Waals surface area contributed by atoms with Crippen LogP contribution < -0.4 is 9.47 Å². The maximum atomic E-state index is 14.6. The van der Waals surface area contributed by atoms with Crippen LogP contribution >= 0.6 is 0 Å². The minimum absolute atomic E-state index is 0.00547. The Morgan fingerprint density at radius 1 is 0.645 bits per heavy atom. The van der Waals surface area contributed by atoms with Gasteiger partial charge >= 0.3 is 0 Å². The van der Waals surface area contributed by atoms with Gasteiger partial charge in [0.2, 0.25) is 0 Å². The molecule has 2 unspecified atom stereocenters. The van der Waals surface area contributed by atoms with Crippen molar-refractivity contribution in [2.45, 2.75) is 25.4 Å². The normalized spacial score (nSPS) is 21.5. The number of hydrogen-bond donors (Lipinski definition) is 0. The minimum atomic E-state index is -0.759. The number of ether oxygens (including phenoxy) is 2. The van der Waals surface area contributed by atoms with Crippen LogP contribution in [-0.4, -0.2) is 19.4 Å². The zero-order chi connectivity index (χ0) is 20.8. The summed E-state index contributed by atoms with van der Waals surface area (Å²) in [6.07, 6.45) is 1.76. The van der Waals surface area contributed by atoms with E-state index in [1.54, 1.807) is 0 Å². The first kappa shape index (κ1) is 18.7. The van der Waals surface area contributed by atoms with Gasteiger partial charge in [-0.2, -0.15) is 0 Å². The monoisotopic (exact) mass is 412 g/mol. The van der Waals surface area contributed by atoms with Crippen LogP contribution in [0.3, 0.4) is 0 Å². The molecule has 0 amide bonds. The van der Waals surface area contributed by atoms with E-state index in [0.717, 1.165) is 46.2 Å². The maximum absolute atomic E-state index is 14.6. The van der Waals surface area contributed by atoms with E-state index in [1.165, 1.54) is 10.8 Å². The van der Waals surface area contributed by atoms with E-state index in [1.807, 2.05) is 0 Å². The van der Waals surface area contributed by atoms with Crippen molar-refractivity contribution in [2.24, 2.45) is 11.8 Å². The van der Waals surface area contributed by atoms with E-state index in [2.05, 4.69) is 72.8 Å². The van der Waals surface area contributed by atoms with Crippen LogP contribution in [0.5, 0.6) is 11.5 Å². The van der Waals surface area contributed by atoms with Crippen molar-refractivity contribution >= 4 is 21.5 Å². The molecule has 0 bridgehead atoms. The topological polar surface area (TPSA) is 18.5 Å². The van der Waals surface area contributed by atoms with Crippen molar-refractivity contribution in [1.82, 2.24) is 0 Å². The standard InChI is InChI=1S/C28H25FO2/c29-24-11-5-10-21(24)20-16-30-25-14-12-18-6-1-3-8-22(18)27(25)28-23-9-4-2-7-19(23)13-15-26(28)31-17-20/h1-4,6-9,12-15,20-21,24H,5,10-11,16-17H2. The predicted molar refractivity (Wildman–Crippen MR) is 124 cm³/mol. The molecular weight excluding hydrogens is 387 g/mol. The highest BCUT2D eigenvalue weighted by Crippen LogP contribution is 2.47. The Labute approximate surface area is 181 Å². The molecule has 3 heteroatoms. The molecule has 1 aliphatic heterocycles. The van der Waals surface area contributed by atoms with Crippen LogP contribution in [0.2, 0.25) is 0 Å². The van der Waals surface area contributed by atoms with Crippen molar-refractivity contribution in [3.05, 3.63) is 72.8 Å². The zero-order valence-electron chi connectivity index (χ0n) is 17.4. The van der Waals surface area contributed by atoms with Gasteiger partial charge < -0.3 is 9.47 Å². The van der Waals surface area contributed by atoms with E-state index in [-0.39, 0.29) is 11.8 Å². The van der Waals surface area contributed by atoms with Gasteiger partial charge in [-0.3, -0.25) is 0 Å². The lowest BCUT2D eigenvalue weighted by atomic mass is 9.91. The second-order valence-corrected chi connectivity index (χ2v) is 8.81. The van der Waals surface area contributed by atoms with Crippen LogP contribution in [0.4, 0.5) is 4.39 Å². The lowest BCUT2D eigenvalue weighted by molar-refractivity contribution is 0.0964. The van der Waals surface area contributed by atoms with Crippen LogP contribution in [0.25, 0.3) is 32.7 Å². The third-order valence-electron chi connectivity index (χ3n) is 7.02. The van der Waals surface area contributed by atoms with Crippen LogP contribution in [0.1, 0.15) is 19.3 Å². The fraction of sp³-hybridized carbons (Fsp3) is 0.286. The summed E-state index contributed by atoms with van der Waals surface area (Å²) in [5, 5.41) is 4.62. The minimum Gasteiger partial charge on any atom is -0.492 e. The molecule has 2 aliphatic rings. The smallest absolute Gasteiger partial charge is 0.127 e. The highest BCUT2D eigenvalue weighted by Gasteiger charge is 2.35. The van der Waals surface area contributed by atoms with Gasteiger partial charge in [0.25, 0.3) is 0 Å². The number of rotatable bonds is 1. The summed E-state index contributed by atoms with van der Waals surface area (Å²) in [4.78, 5) is 0. The Balaban J connectivity index is 1.60. The van der Waals surface area contributed by atoms with E-state index in [4.69, 9.17) is 9.47 Å². The van der Waals surface area contributed by atoms with Crippen molar-refractivity contribution in [1.29, 1.82) is 0 Å². The van der Waals surface area contributed by atoms with Crippen molar-refractivity contribution < 1.29 is 13.9 Å². The lowest BCUT2D eigenvalue weighted by Crippen LogP contribution is -2.30. The van der Waals surface area contributed by atoms with Crippen LogP contribution in [0, 0.1) is 11.8 Å². The van der Waals surface area contributed by atoms with Crippen LogP contribution in [0.15, 0.2) is 72.8 Å². The van der Waals surface area contributed by atoms with Gasteiger partial charge in [0, 0.05) is 17.0 Å². The number of hydrogen-bond acceptors (Lipinski definition) is 2. The third-order valence-corrected chi connectivity index (χ3v) is 7.02. The molecule has 6 rings (SSSR count). The van der Waals surface area contributed by atoms with Crippen molar-refractivity contribution in [3.63, 3.8) is 0 Å². The number of benzene rings is 4. The largest absolute Gasteiger partial charge is 0.492 e. The quantitative estimate of drug-likeness (QED) is 0.329. The summed E-state index contributed by atoms with van der Waals surface area (Å²) in [7, 11) is 0. The Morgan fingerprint density at radius 2 is 1.19 bits per heavy atom. The summed E-state index contributed by atoms with van der Waals surface area (Å²) in [5.41, 5.74) is 2.13. The fourth-order valence-corrected chi connectivity index (χ4v) is 5.42. The first-order valence-corrected chi connectivity index (χ1v) is 11.2. The molecular formula is C28H25FO2. The highest BCUT2D eigenvalue weighted by molar-refractivity contribution is 6.09. The Hall–Kier alpha value is -3.07. The van der Waals surface area contributed by atoms with E-state index >= 15 is 0 Å². The molecule has 0 N–H and O–H groups in total. The summed E-state index contributed by atoms with van der Waals surface area (Å²) < 4.78 is 27.5. The van der Waals surface area contributed by atoms with Gasteiger partial charge in [0.15, 0.2) is 0 Å². The average molecular weight is 413 g/mol. The summed E-state index contributed by atoms with van der Waals surface area (Å²) in [6, 6.07) is 25.1. The molecule has 0 saturated heterocycles. The zero-order valence-corrected chi connectivity index (χ0v) is 17.4. The molecule has 1 saturated carbocycles. The fourth-order valence-electron chi connectivity index (χ4n) is 5.42. The summed E-state index contributed by atoms with van der Waals surface area (Å²) in [5.74, 6) is 1.74. The molecule has 4 aromatic rings. The lowest BCUT2D eigenvalue weighted by Gasteiger charge is -2.25. The maximum Gasteiger partial charge on any atom is 0.127 e. The van der Waals surface area contributed by atoms with Gasteiger partial charge in [-0.25, -0.2) is 4.39 Å². The number of alkyl halides is 1. The molecule has 1 aliphatic carbocycles. The molecule has 2 nitrogen and oxygen atoms in total. The molecule has 0 radical (unpaired) electrons. The summed E-state index contributed by atoms with van der Waals surface area (Å²) >= 11 is 0. The number of halogens is 1. The molecule has 0 aromatic heterocycles. The molecule has 2 atom stereocenters. The van der Waals surface area contributed by atoms with Gasteiger partial charge in [-0.05, 0) is 52.4 Å². The molecule has 156 valence electrons. The average Bonchev–Trinajstić information content (AvgIpc) is 3.26. The Kier molecular flexibility index (Phi) is 4.56. The first-order valence-electron chi connectivity index (χ1n) is 11.2. The van der Waals surface area contributed by atoms with E-state index < -0.39 is 6.17 Å². The van der Waals surface area contributed by atoms with Gasteiger partial charge in [0.05, 0.1) is 13.2 Å². The summed E-state index contributed by atoms with van der Waals surface area (Å²) in [6.45, 7) is 0.949. The van der Waals surface area contributed by atoms with Gasteiger partial charge in [0.1, 0.15) is 17.7 Å². The highest BCUT2D eigenvalue weighted by atomic mass is 19.1. The molecule has 1 heterocycles. The predicted octanol–water partition coefficient (Wildman–Crippen LogP) is 7.19. The van der Waals surface area contributed by atoms with Gasteiger partial charge in [-0.15, -0.1) is 0 Å². The molecule has 1 fully saturated rings. The molecule has 31 heavy (non-hydrogen) atoms. The van der Waals surface area contributed by atoms with Crippen LogP contribution in [-0.2, 0) is 0 Å². The third kappa shape index (κ3) is 3.15. The SMILES string of the molecule is FC1CCCC1C1COc2ccc3ccccc3c2-c2c(ccc3ccccc23)OC1. The Morgan fingerprint density at radius 3 is 1.71 bits per heavy atom. The second-order valence-electron chi connectivity index (χ2n) is 8.81. The molecule has 0 spiro atoms. The van der Waals surface area contributed by atoms with E-state index in [9.17, 15) is 4.39 Å². The number of fused-ring (bicyclic) bond motifs is 7. The molecule has 4 aromatic carbocycles. The van der Waals surface area contributed by atoms with Crippen molar-refractivity contribution in [3.8, 4) is 22.6 Å². The second kappa shape index (κ2) is 7.56. The Bertz CT molecular complexity index is 1180. The van der Waals surface area contributed by atoms with E-state index in [0.29, 0.717) is 19.6 Å². The van der Waals surface area contributed by atoms with Crippen molar-refractivity contribution in [2.75, 3.05) is 13.2 Å². The first-order chi connectivity index (χ1) is 15.3. The van der Waals surface area contributed by atoms with Gasteiger partial charge in [-0.1, -0.05) is 67.1 Å².